The van der Waals surface area contributed by atoms with Crippen molar-refractivity contribution in [1.82, 2.24) is 10.2 Å². The molecule has 0 radical (unpaired) electrons. The van der Waals surface area contributed by atoms with E-state index in [1.807, 2.05) is 18.2 Å². The SMILES string of the molecule is CC1=C(c2ccc(C)cc2)C=C2NC(c3ccc(C#N)cc3)=CC(=O)N2C1. The highest BCUT2D eigenvalue weighted by molar-refractivity contribution is 5.99. The Morgan fingerprint density at radius 1 is 0.963 bits per heavy atom. The van der Waals surface area contributed by atoms with Crippen LogP contribution in [-0.4, -0.2) is 17.4 Å². The van der Waals surface area contributed by atoms with E-state index < -0.39 is 0 Å². The first-order chi connectivity index (χ1) is 13.0. The Balaban J connectivity index is 1.69. The standard InChI is InChI=1S/C23H19N3O/c1-15-3-7-18(8-4-15)20-11-22-25-21(12-23(27)26(22)14-16(20)2)19-9-5-17(13-24)6-10-19/h3-12,25H,14H2,1-2H3. The Morgan fingerprint density at radius 2 is 1.63 bits per heavy atom. The van der Waals surface area contributed by atoms with Crippen LogP contribution in [-0.2, 0) is 4.79 Å². The molecule has 2 aliphatic heterocycles. The first-order valence-corrected chi connectivity index (χ1v) is 8.84. The van der Waals surface area contributed by atoms with Crippen molar-refractivity contribution in [3.05, 3.63) is 94.3 Å². The summed E-state index contributed by atoms with van der Waals surface area (Å²) < 4.78 is 0. The molecular formula is C23H19N3O. The zero-order valence-electron chi connectivity index (χ0n) is 15.3. The average Bonchev–Trinajstić information content (AvgIpc) is 2.69. The molecule has 0 aromatic heterocycles. The zero-order valence-corrected chi connectivity index (χ0v) is 15.3. The van der Waals surface area contributed by atoms with Gasteiger partial charge in [0.05, 0.1) is 17.3 Å². The Hall–Kier alpha value is -3.58. The second kappa shape index (κ2) is 6.62. The third-order valence-electron chi connectivity index (χ3n) is 4.91. The highest BCUT2D eigenvalue weighted by atomic mass is 16.2. The summed E-state index contributed by atoms with van der Waals surface area (Å²) >= 11 is 0. The third-order valence-corrected chi connectivity index (χ3v) is 4.91. The summed E-state index contributed by atoms with van der Waals surface area (Å²) in [4.78, 5) is 14.4. The van der Waals surface area contributed by atoms with Crippen molar-refractivity contribution in [3.63, 3.8) is 0 Å². The number of carbonyl (C=O) groups excluding carboxylic acids is 1. The van der Waals surface area contributed by atoms with Crippen LogP contribution in [0.4, 0.5) is 0 Å². The zero-order chi connectivity index (χ0) is 19.0. The number of nitriles is 1. The topological polar surface area (TPSA) is 56.1 Å². The van der Waals surface area contributed by atoms with E-state index in [2.05, 4.69) is 49.5 Å². The van der Waals surface area contributed by atoms with Crippen LogP contribution in [0.15, 0.2) is 72.1 Å². The fraction of sp³-hybridized carbons (Fsp3) is 0.130. The lowest BCUT2D eigenvalue weighted by molar-refractivity contribution is -0.124. The quantitative estimate of drug-likeness (QED) is 0.889. The van der Waals surface area contributed by atoms with E-state index in [9.17, 15) is 4.79 Å². The molecule has 2 aromatic rings. The van der Waals surface area contributed by atoms with E-state index in [1.54, 1.807) is 23.1 Å². The highest BCUT2D eigenvalue weighted by Gasteiger charge is 2.28. The van der Waals surface area contributed by atoms with Gasteiger partial charge in [0, 0.05) is 12.6 Å². The first-order valence-electron chi connectivity index (χ1n) is 8.84. The average molecular weight is 353 g/mol. The molecule has 27 heavy (non-hydrogen) atoms. The Kier molecular flexibility index (Phi) is 4.13. The maximum atomic E-state index is 12.7. The molecule has 0 fully saturated rings. The number of hydrogen-bond acceptors (Lipinski definition) is 3. The molecule has 1 amide bonds. The van der Waals surface area contributed by atoms with Gasteiger partial charge in [-0.05, 0) is 54.3 Å². The van der Waals surface area contributed by atoms with E-state index in [-0.39, 0.29) is 5.91 Å². The second-order valence-electron chi connectivity index (χ2n) is 6.89. The maximum Gasteiger partial charge on any atom is 0.254 e. The number of amides is 1. The van der Waals surface area contributed by atoms with Crippen molar-refractivity contribution in [2.24, 2.45) is 0 Å². The summed E-state index contributed by atoms with van der Waals surface area (Å²) in [5.74, 6) is 0.740. The van der Waals surface area contributed by atoms with E-state index in [0.717, 1.165) is 33.8 Å². The number of fused-ring (bicyclic) bond motifs is 1. The summed E-state index contributed by atoms with van der Waals surface area (Å²) in [6.45, 7) is 4.70. The number of nitrogens with one attached hydrogen (secondary N) is 1. The van der Waals surface area contributed by atoms with Gasteiger partial charge in [0.25, 0.3) is 5.91 Å². The van der Waals surface area contributed by atoms with E-state index in [4.69, 9.17) is 5.26 Å². The molecule has 4 rings (SSSR count). The Morgan fingerprint density at radius 3 is 2.30 bits per heavy atom. The van der Waals surface area contributed by atoms with Gasteiger partial charge < -0.3 is 5.32 Å². The molecule has 132 valence electrons. The van der Waals surface area contributed by atoms with Crippen LogP contribution >= 0.6 is 0 Å². The Bertz CT molecular complexity index is 1050. The van der Waals surface area contributed by atoms with Gasteiger partial charge in [-0.3, -0.25) is 9.69 Å². The van der Waals surface area contributed by atoms with Crippen molar-refractivity contribution >= 4 is 17.2 Å². The van der Waals surface area contributed by atoms with Gasteiger partial charge in [0.1, 0.15) is 5.82 Å². The largest absolute Gasteiger partial charge is 0.341 e. The minimum absolute atomic E-state index is 0.0401. The molecule has 0 saturated heterocycles. The van der Waals surface area contributed by atoms with Gasteiger partial charge in [-0.1, -0.05) is 42.0 Å². The number of hydrogen-bond donors (Lipinski definition) is 1. The summed E-state index contributed by atoms with van der Waals surface area (Å²) in [5.41, 5.74) is 6.89. The van der Waals surface area contributed by atoms with Crippen molar-refractivity contribution in [2.45, 2.75) is 13.8 Å². The van der Waals surface area contributed by atoms with Crippen molar-refractivity contribution in [1.29, 1.82) is 5.26 Å². The number of benzene rings is 2. The lowest BCUT2D eigenvalue weighted by Gasteiger charge is -2.34. The van der Waals surface area contributed by atoms with Crippen LogP contribution in [0.1, 0.15) is 29.2 Å². The van der Waals surface area contributed by atoms with Crippen LogP contribution < -0.4 is 5.32 Å². The predicted octanol–water partition coefficient (Wildman–Crippen LogP) is 3.97. The molecule has 0 bridgehead atoms. The smallest absolute Gasteiger partial charge is 0.254 e. The van der Waals surface area contributed by atoms with Crippen molar-refractivity contribution in [2.75, 3.05) is 6.54 Å². The molecule has 0 saturated carbocycles. The fourth-order valence-electron chi connectivity index (χ4n) is 3.36. The molecule has 2 heterocycles. The van der Waals surface area contributed by atoms with Gasteiger partial charge in [-0.25, -0.2) is 0 Å². The highest BCUT2D eigenvalue weighted by Crippen LogP contribution is 2.31. The van der Waals surface area contributed by atoms with E-state index >= 15 is 0 Å². The number of aryl methyl sites for hydroxylation is 1. The van der Waals surface area contributed by atoms with Gasteiger partial charge >= 0.3 is 0 Å². The van der Waals surface area contributed by atoms with E-state index in [0.29, 0.717) is 12.1 Å². The van der Waals surface area contributed by atoms with Gasteiger partial charge in [-0.15, -0.1) is 0 Å². The lowest BCUT2D eigenvalue weighted by Crippen LogP contribution is -2.42. The van der Waals surface area contributed by atoms with Crippen molar-refractivity contribution in [3.8, 4) is 6.07 Å². The molecule has 2 aromatic carbocycles. The van der Waals surface area contributed by atoms with Crippen LogP contribution in [0, 0.1) is 18.3 Å². The third kappa shape index (κ3) is 3.16. The summed E-state index contributed by atoms with van der Waals surface area (Å²) in [6, 6.07) is 17.8. The first kappa shape index (κ1) is 16.9. The number of nitrogens with zero attached hydrogens (tertiary/aromatic N) is 2. The predicted molar refractivity (Wildman–Crippen MR) is 106 cm³/mol. The van der Waals surface area contributed by atoms with Crippen LogP contribution in [0.2, 0.25) is 0 Å². The molecule has 4 nitrogen and oxygen atoms in total. The Labute approximate surface area is 158 Å². The van der Waals surface area contributed by atoms with Crippen LogP contribution in [0.3, 0.4) is 0 Å². The van der Waals surface area contributed by atoms with Crippen molar-refractivity contribution < 1.29 is 4.79 Å². The maximum absolute atomic E-state index is 12.7. The summed E-state index contributed by atoms with van der Waals surface area (Å²) in [7, 11) is 0. The normalized spacial score (nSPS) is 16.2. The van der Waals surface area contributed by atoms with Gasteiger partial charge in [0.15, 0.2) is 0 Å². The number of carbonyl (C=O) groups is 1. The minimum atomic E-state index is -0.0401. The van der Waals surface area contributed by atoms with E-state index in [1.165, 1.54) is 5.56 Å². The number of allylic oxidation sites excluding steroid dienone is 2. The monoisotopic (exact) mass is 353 g/mol. The number of rotatable bonds is 2. The molecular weight excluding hydrogens is 334 g/mol. The minimum Gasteiger partial charge on any atom is -0.341 e. The molecule has 0 unspecified atom stereocenters. The second-order valence-corrected chi connectivity index (χ2v) is 6.89. The molecule has 0 spiro atoms. The molecule has 1 N–H and O–H groups in total. The molecule has 0 aliphatic carbocycles. The lowest BCUT2D eigenvalue weighted by atomic mass is 9.95. The summed E-state index contributed by atoms with van der Waals surface area (Å²) in [6.07, 6.45) is 3.65. The summed E-state index contributed by atoms with van der Waals surface area (Å²) in [5, 5.41) is 12.3. The van der Waals surface area contributed by atoms with Gasteiger partial charge in [0.2, 0.25) is 0 Å². The fourth-order valence-corrected chi connectivity index (χ4v) is 3.36. The van der Waals surface area contributed by atoms with Crippen LogP contribution in [0.5, 0.6) is 0 Å². The molecule has 2 aliphatic rings. The molecule has 4 heteroatoms. The van der Waals surface area contributed by atoms with Gasteiger partial charge in [-0.2, -0.15) is 5.26 Å². The molecule has 0 atom stereocenters. The van der Waals surface area contributed by atoms with Crippen LogP contribution in [0.25, 0.3) is 11.3 Å².